The summed E-state index contributed by atoms with van der Waals surface area (Å²) in [6.07, 6.45) is 2.56. The van der Waals surface area contributed by atoms with Gasteiger partial charge in [-0.05, 0) is 46.1 Å². The van der Waals surface area contributed by atoms with Crippen LogP contribution in [0.5, 0.6) is 0 Å². The van der Waals surface area contributed by atoms with E-state index in [1.54, 1.807) is 26.8 Å². The van der Waals surface area contributed by atoms with Crippen LogP contribution in [0, 0.1) is 16.7 Å². The number of carbonyl (C=O) groups excluding carboxylic acids is 3. The minimum Gasteiger partial charge on any atom is -0.504 e. The van der Waals surface area contributed by atoms with Crippen molar-refractivity contribution < 1.29 is 42.9 Å². The second kappa shape index (κ2) is 6.00. The van der Waals surface area contributed by atoms with E-state index in [1.807, 2.05) is 6.92 Å². The molecule has 9 nitrogen and oxygen atoms in total. The lowest BCUT2D eigenvalue weighted by molar-refractivity contribution is -0.228. The topological polar surface area (TPSA) is 125 Å². The standard InChI is InChI=1S/C26H28O9/c1-22(2)17-16(28)18(29)24(4)13(25(17)14(33-22)5-6-15(27)34-25)7-9-23(3)19(12-8-10-31-11-12)32-21(30)20-26(23,24)35-20/h8,10-11,13-14,19-20,28H,5-7,9H2,1-4H3. The van der Waals surface area contributed by atoms with Crippen molar-refractivity contribution in [3.05, 3.63) is 35.5 Å². The van der Waals surface area contributed by atoms with Crippen LogP contribution in [0.1, 0.15) is 65.0 Å². The highest BCUT2D eigenvalue weighted by Crippen LogP contribution is 2.78. The van der Waals surface area contributed by atoms with Gasteiger partial charge in [0.25, 0.3) is 0 Å². The molecule has 1 aromatic rings. The van der Waals surface area contributed by atoms with Gasteiger partial charge in [0.15, 0.2) is 17.5 Å². The first-order valence-electron chi connectivity index (χ1n) is 12.2. The Morgan fingerprint density at radius 3 is 2.51 bits per heavy atom. The summed E-state index contributed by atoms with van der Waals surface area (Å²) in [6, 6.07) is 1.75. The molecule has 0 amide bonds. The first-order chi connectivity index (χ1) is 16.4. The Balaban J connectivity index is 1.48. The van der Waals surface area contributed by atoms with E-state index >= 15 is 0 Å². The Morgan fingerprint density at radius 1 is 1.03 bits per heavy atom. The number of hydrogen-bond donors (Lipinski definition) is 1. The summed E-state index contributed by atoms with van der Waals surface area (Å²) in [5, 5.41) is 11.5. The lowest BCUT2D eigenvalue weighted by Crippen LogP contribution is -2.73. The number of ketones is 1. The molecule has 1 saturated carbocycles. The Hall–Kier alpha value is -2.65. The van der Waals surface area contributed by atoms with E-state index in [-0.39, 0.29) is 12.4 Å². The Kier molecular flexibility index (Phi) is 3.71. The zero-order valence-corrected chi connectivity index (χ0v) is 20.1. The van der Waals surface area contributed by atoms with Gasteiger partial charge in [-0.3, -0.25) is 9.59 Å². The van der Waals surface area contributed by atoms with Gasteiger partial charge in [-0.15, -0.1) is 0 Å². The Morgan fingerprint density at radius 2 is 1.80 bits per heavy atom. The van der Waals surface area contributed by atoms with Crippen molar-refractivity contribution in [3.63, 3.8) is 0 Å². The Bertz CT molecular complexity index is 1230. The first kappa shape index (κ1) is 21.6. The molecule has 4 saturated heterocycles. The third-order valence-corrected chi connectivity index (χ3v) is 10.0. The fourth-order valence-electron chi connectivity index (χ4n) is 8.74. The van der Waals surface area contributed by atoms with Crippen molar-refractivity contribution >= 4 is 17.7 Å². The Labute approximate surface area is 201 Å². The van der Waals surface area contributed by atoms with Gasteiger partial charge >= 0.3 is 11.9 Å². The van der Waals surface area contributed by atoms with Crippen molar-refractivity contribution in [2.45, 2.75) is 88.5 Å². The highest BCUT2D eigenvalue weighted by atomic mass is 16.7. The molecule has 6 aliphatic rings. The summed E-state index contributed by atoms with van der Waals surface area (Å²) in [5.74, 6) is -2.43. The highest BCUT2D eigenvalue weighted by molar-refractivity contribution is 6.04. The maximum atomic E-state index is 14.2. The van der Waals surface area contributed by atoms with Gasteiger partial charge in [-0.1, -0.05) is 6.92 Å². The molecule has 35 heavy (non-hydrogen) atoms. The van der Waals surface area contributed by atoms with Crippen LogP contribution in [-0.2, 0) is 33.3 Å². The number of rotatable bonds is 1. The minimum atomic E-state index is -1.36. The number of ether oxygens (including phenoxy) is 4. The maximum absolute atomic E-state index is 14.2. The molecule has 5 heterocycles. The summed E-state index contributed by atoms with van der Waals surface area (Å²) in [7, 11) is 0. The number of aliphatic hydroxyl groups excluding tert-OH is 1. The monoisotopic (exact) mass is 484 g/mol. The average molecular weight is 485 g/mol. The lowest BCUT2D eigenvalue weighted by atomic mass is 9.41. The largest absolute Gasteiger partial charge is 0.504 e. The number of carbonyl (C=O) groups is 3. The van der Waals surface area contributed by atoms with Crippen LogP contribution in [0.2, 0.25) is 0 Å². The minimum absolute atomic E-state index is 0.199. The van der Waals surface area contributed by atoms with Gasteiger partial charge in [-0.2, -0.15) is 0 Å². The van der Waals surface area contributed by atoms with Gasteiger partial charge in [0, 0.05) is 23.3 Å². The lowest BCUT2D eigenvalue weighted by Gasteiger charge is -2.62. The summed E-state index contributed by atoms with van der Waals surface area (Å²) < 4.78 is 30.0. The molecule has 9 heteroatoms. The first-order valence-corrected chi connectivity index (χ1v) is 12.2. The maximum Gasteiger partial charge on any atom is 0.339 e. The van der Waals surface area contributed by atoms with Crippen LogP contribution < -0.4 is 0 Å². The number of epoxide rings is 1. The van der Waals surface area contributed by atoms with Crippen molar-refractivity contribution in [2.75, 3.05) is 0 Å². The van der Waals surface area contributed by atoms with Crippen LogP contribution in [-0.4, -0.2) is 51.8 Å². The third-order valence-electron chi connectivity index (χ3n) is 10.0. The van der Waals surface area contributed by atoms with E-state index in [0.717, 1.165) is 0 Å². The van der Waals surface area contributed by atoms with Crippen LogP contribution in [0.4, 0.5) is 0 Å². The SMILES string of the molecule is CC1(C)OC2CCC(=O)OC23C1=C(O)C(=O)C1(C)C3CCC2(C)C(c3ccoc3)OC(=O)C3OC321. The second-order valence-corrected chi connectivity index (χ2v) is 11.8. The summed E-state index contributed by atoms with van der Waals surface area (Å²) in [4.78, 5) is 40.1. The van der Waals surface area contributed by atoms with E-state index in [1.165, 1.54) is 12.5 Å². The molecule has 1 aromatic heterocycles. The molecular weight excluding hydrogens is 456 g/mol. The smallest absolute Gasteiger partial charge is 0.339 e. The number of allylic oxidation sites excluding steroid dienone is 1. The van der Waals surface area contributed by atoms with Crippen LogP contribution in [0.15, 0.2) is 34.3 Å². The molecule has 5 fully saturated rings. The van der Waals surface area contributed by atoms with Gasteiger partial charge in [0.1, 0.15) is 17.8 Å². The molecule has 2 aliphatic carbocycles. The summed E-state index contributed by atoms with van der Waals surface area (Å²) in [5.41, 5.74) is -4.67. The average Bonchev–Trinajstić information content (AvgIpc) is 3.26. The molecule has 1 N–H and O–H groups in total. The molecule has 8 unspecified atom stereocenters. The van der Waals surface area contributed by atoms with Crippen LogP contribution in [0.3, 0.4) is 0 Å². The van der Waals surface area contributed by atoms with Gasteiger partial charge < -0.3 is 28.5 Å². The second-order valence-electron chi connectivity index (χ2n) is 11.8. The number of hydrogen-bond acceptors (Lipinski definition) is 9. The third kappa shape index (κ3) is 2.07. The highest BCUT2D eigenvalue weighted by Gasteiger charge is 2.90. The molecule has 0 radical (unpaired) electrons. The molecule has 0 aromatic carbocycles. The van der Waals surface area contributed by atoms with E-state index in [4.69, 9.17) is 23.4 Å². The van der Waals surface area contributed by atoms with Gasteiger partial charge in [0.05, 0.1) is 29.1 Å². The number of Topliss-reactive ketones (excluding diaryl/α,β-unsaturated/α-hetero) is 1. The zero-order valence-electron chi connectivity index (χ0n) is 20.1. The van der Waals surface area contributed by atoms with E-state index in [0.29, 0.717) is 30.4 Å². The molecular formula is C26H28O9. The molecule has 186 valence electrons. The van der Waals surface area contributed by atoms with Crippen LogP contribution in [0.25, 0.3) is 0 Å². The number of furan rings is 1. The number of fused-ring (bicyclic) bond motifs is 1. The summed E-state index contributed by atoms with van der Waals surface area (Å²) in [6.45, 7) is 7.31. The zero-order chi connectivity index (χ0) is 24.8. The van der Waals surface area contributed by atoms with Crippen molar-refractivity contribution in [1.82, 2.24) is 0 Å². The van der Waals surface area contributed by atoms with E-state index < -0.39 is 69.4 Å². The van der Waals surface area contributed by atoms with Gasteiger partial charge in [-0.25, -0.2) is 4.79 Å². The predicted octanol–water partition coefficient (Wildman–Crippen LogP) is 3.09. The van der Waals surface area contributed by atoms with Gasteiger partial charge in [0.2, 0.25) is 5.78 Å². The quantitative estimate of drug-likeness (QED) is 0.473. The van der Waals surface area contributed by atoms with Crippen LogP contribution >= 0.6 is 0 Å². The van der Waals surface area contributed by atoms with Crippen molar-refractivity contribution in [2.24, 2.45) is 16.7 Å². The molecule has 2 spiro atoms. The van der Waals surface area contributed by atoms with E-state index in [2.05, 4.69) is 0 Å². The van der Waals surface area contributed by atoms with E-state index in [9.17, 15) is 19.5 Å². The molecule has 4 aliphatic heterocycles. The predicted molar refractivity (Wildman–Crippen MR) is 116 cm³/mol. The fourth-order valence-corrected chi connectivity index (χ4v) is 8.74. The number of cyclic esters (lactones) is 1. The molecule has 0 bridgehead atoms. The fraction of sp³-hybridized carbons (Fsp3) is 0.654. The van der Waals surface area contributed by atoms with Crippen molar-refractivity contribution in [1.29, 1.82) is 0 Å². The normalized spacial score (nSPS) is 49.2. The molecule has 7 rings (SSSR count). The molecule has 8 atom stereocenters. The number of esters is 2. The number of aliphatic hydroxyl groups is 1. The summed E-state index contributed by atoms with van der Waals surface area (Å²) >= 11 is 0. The van der Waals surface area contributed by atoms with Crippen molar-refractivity contribution in [3.8, 4) is 0 Å².